The van der Waals surface area contributed by atoms with Crippen LogP contribution in [0.25, 0.3) is 98.0 Å². The predicted octanol–water partition coefficient (Wildman–Crippen LogP) is 15.9. The zero-order valence-corrected chi connectivity index (χ0v) is 28.3. The summed E-state index contributed by atoms with van der Waals surface area (Å²) in [6, 6.07) is 67.2. The summed E-state index contributed by atoms with van der Waals surface area (Å²) in [5, 5.41) is 15.3. The van der Waals surface area contributed by atoms with E-state index in [1.165, 1.54) is 98.0 Å². The average molecular weight is 669 g/mol. The van der Waals surface area contributed by atoms with Crippen LogP contribution in [0.3, 0.4) is 0 Å². The van der Waals surface area contributed by atoms with Gasteiger partial charge in [-0.25, -0.2) is 0 Å². The molecule has 0 amide bonds. The first-order valence-corrected chi connectivity index (χ1v) is 17.7. The second kappa shape index (κ2) is 14.2. The van der Waals surface area contributed by atoms with E-state index in [1.807, 2.05) is 13.8 Å². The minimum atomic E-state index is 0. The molecule has 0 saturated heterocycles. The fourth-order valence-corrected chi connectivity index (χ4v) is 7.77. The Hall–Kier alpha value is -6.24. The van der Waals surface area contributed by atoms with Gasteiger partial charge in [0, 0.05) is 0 Å². The second-order valence-corrected chi connectivity index (χ2v) is 12.9. The van der Waals surface area contributed by atoms with Crippen molar-refractivity contribution >= 4 is 64.6 Å². The van der Waals surface area contributed by atoms with Gasteiger partial charge in [0.05, 0.1) is 0 Å². The van der Waals surface area contributed by atoms with Crippen molar-refractivity contribution in [3.05, 3.63) is 182 Å². The van der Waals surface area contributed by atoms with Crippen LogP contribution in [-0.4, -0.2) is 0 Å². The normalized spacial score (nSPS) is 11.0. The Balaban J connectivity index is 0.00000103. The van der Waals surface area contributed by atoms with Gasteiger partial charge in [0.1, 0.15) is 0 Å². The van der Waals surface area contributed by atoms with Gasteiger partial charge >= 0.3 is 0 Å². The molecule has 0 unspecified atom stereocenters. The van der Waals surface area contributed by atoms with Gasteiger partial charge in [-0.1, -0.05) is 174 Å². The van der Waals surface area contributed by atoms with E-state index in [1.54, 1.807) is 0 Å². The first kappa shape index (κ1) is 34.2. The molecule has 52 heavy (non-hydrogen) atoms. The summed E-state index contributed by atoms with van der Waals surface area (Å²) in [6.45, 7) is 4.00. The zero-order chi connectivity index (χ0) is 33.6. The van der Waals surface area contributed by atoms with Crippen molar-refractivity contribution in [3.8, 4) is 33.4 Å². The largest absolute Gasteiger partial charge is 0.0776 e. The Kier molecular flexibility index (Phi) is 9.33. The number of fused-ring (bicyclic) bond motifs is 8. The molecular formula is C52H44. The average Bonchev–Trinajstić information content (AvgIpc) is 3.20. The van der Waals surface area contributed by atoms with E-state index < -0.39 is 0 Å². The Morgan fingerprint density at radius 1 is 0.231 bits per heavy atom. The van der Waals surface area contributed by atoms with Crippen molar-refractivity contribution in [2.75, 3.05) is 0 Å². The highest BCUT2D eigenvalue weighted by atomic mass is 14.2. The van der Waals surface area contributed by atoms with Gasteiger partial charge < -0.3 is 0 Å². The van der Waals surface area contributed by atoms with Gasteiger partial charge in [-0.3, -0.25) is 0 Å². The molecule has 0 fully saturated rings. The lowest BCUT2D eigenvalue weighted by atomic mass is 9.91. The monoisotopic (exact) mass is 668 g/mol. The lowest BCUT2D eigenvalue weighted by Gasteiger charge is -2.13. The highest BCUT2D eigenvalue weighted by molar-refractivity contribution is 6.15. The maximum Gasteiger partial charge on any atom is -0.00988 e. The fraction of sp³-hybridized carbons (Fsp3) is 0.0769. The van der Waals surface area contributed by atoms with Gasteiger partial charge in [-0.2, -0.15) is 0 Å². The molecule has 0 aliphatic rings. The quantitative estimate of drug-likeness (QED) is 0.164. The molecule has 0 radical (unpaired) electrons. The third kappa shape index (κ3) is 5.77. The first-order valence-electron chi connectivity index (χ1n) is 17.7. The fourth-order valence-electron chi connectivity index (χ4n) is 7.77. The van der Waals surface area contributed by atoms with E-state index >= 15 is 0 Å². The molecule has 0 aliphatic carbocycles. The molecule has 0 saturated carbocycles. The maximum absolute atomic E-state index is 2.36. The van der Waals surface area contributed by atoms with Crippen LogP contribution in [0.15, 0.2) is 182 Å². The molecule has 0 heterocycles. The van der Waals surface area contributed by atoms with Crippen LogP contribution in [0.4, 0.5) is 0 Å². The molecule has 0 aliphatic heterocycles. The van der Waals surface area contributed by atoms with Crippen molar-refractivity contribution in [3.63, 3.8) is 0 Å². The highest BCUT2D eigenvalue weighted by Crippen LogP contribution is 2.39. The van der Waals surface area contributed by atoms with Crippen LogP contribution < -0.4 is 0 Å². The molecule has 0 bridgehead atoms. The molecule has 10 aromatic carbocycles. The molecule has 0 aromatic heterocycles. The van der Waals surface area contributed by atoms with Crippen molar-refractivity contribution < 1.29 is 0 Å². The molecular weight excluding hydrogens is 625 g/mol. The van der Waals surface area contributed by atoms with E-state index in [2.05, 4.69) is 182 Å². The molecule has 0 spiro atoms. The topological polar surface area (TPSA) is 0 Å². The van der Waals surface area contributed by atoms with Crippen LogP contribution in [-0.2, 0) is 0 Å². The van der Waals surface area contributed by atoms with E-state index in [-0.39, 0.29) is 14.9 Å². The van der Waals surface area contributed by atoms with Gasteiger partial charge in [-0.05, 0) is 134 Å². The van der Waals surface area contributed by atoms with Crippen LogP contribution in [0.5, 0.6) is 0 Å². The molecule has 252 valence electrons. The molecule has 0 N–H and O–H groups in total. The smallest absolute Gasteiger partial charge is 0.00988 e. The van der Waals surface area contributed by atoms with Gasteiger partial charge in [0.15, 0.2) is 0 Å². The third-order valence-electron chi connectivity index (χ3n) is 10.2. The number of rotatable bonds is 3. The molecule has 10 aromatic rings. The molecule has 0 atom stereocenters. The minimum Gasteiger partial charge on any atom is -0.0776 e. The molecule has 0 heteroatoms. The predicted molar refractivity (Wildman–Crippen MR) is 233 cm³/mol. The van der Waals surface area contributed by atoms with E-state index in [0.29, 0.717) is 0 Å². The van der Waals surface area contributed by atoms with E-state index in [9.17, 15) is 0 Å². The van der Waals surface area contributed by atoms with Crippen molar-refractivity contribution in [2.24, 2.45) is 0 Å². The van der Waals surface area contributed by atoms with Crippen molar-refractivity contribution in [1.82, 2.24) is 0 Å². The summed E-state index contributed by atoms with van der Waals surface area (Å²) in [7, 11) is 0. The lowest BCUT2D eigenvalue weighted by Crippen LogP contribution is -1.86. The second-order valence-electron chi connectivity index (χ2n) is 12.9. The van der Waals surface area contributed by atoms with Crippen molar-refractivity contribution in [1.29, 1.82) is 0 Å². The van der Waals surface area contributed by atoms with Crippen LogP contribution >= 0.6 is 0 Å². The number of hydrogen-bond donors (Lipinski definition) is 0. The summed E-state index contributed by atoms with van der Waals surface area (Å²) in [5.41, 5.74) is 7.51. The minimum absolute atomic E-state index is 0. The Labute approximate surface area is 307 Å². The summed E-state index contributed by atoms with van der Waals surface area (Å²) in [5.74, 6) is 0. The summed E-state index contributed by atoms with van der Waals surface area (Å²) in [4.78, 5) is 0. The lowest BCUT2D eigenvalue weighted by molar-refractivity contribution is 1.50. The Morgan fingerprint density at radius 2 is 0.558 bits per heavy atom. The van der Waals surface area contributed by atoms with Crippen LogP contribution in [0, 0.1) is 0 Å². The van der Waals surface area contributed by atoms with E-state index in [0.717, 1.165) is 0 Å². The molecule has 0 nitrogen and oxygen atoms in total. The summed E-state index contributed by atoms with van der Waals surface area (Å²) >= 11 is 0. The third-order valence-corrected chi connectivity index (χ3v) is 10.2. The first-order chi connectivity index (χ1) is 24.8. The summed E-state index contributed by atoms with van der Waals surface area (Å²) in [6.07, 6.45) is 0. The number of hydrogen-bond acceptors (Lipinski definition) is 0. The summed E-state index contributed by atoms with van der Waals surface area (Å²) < 4.78 is 0. The van der Waals surface area contributed by atoms with Gasteiger partial charge in [-0.15, -0.1) is 0 Å². The highest BCUT2D eigenvalue weighted by Gasteiger charge is 2.12. The van der Waals surface area contributed by atoms with Crippen LogP contribution in [0.1, 0.15) is 28.7 Å². The van der Waals surface area contributed by atoms with Crippen molar-refractivity contribution in [2.45, 2.75) is 28.7 Å². The zero-order valence-electron chi connectivity index (χ0n) is 28.3. The van der Waals surface area contributed by atoms with Gasteiger partial charge in [0.2, 0.25) is 0 Å². The molecule has 10 rings (SSSR count). The van der Waals surface area contributed by atoms with Crippen LogP contribution in [0.2, 0.25) is 0 Å². The van der Waals surface area contributed by atoms with E-state index in [4.69, 9.17) is 0 Å². The Bertz CT molecular complexity index is 2890. The Morgan fingerprint density at radius 3 is 1.04 bits per heavy atom. The van der Waals surface area contributed by atoms with Gasteiger partial charge in [0.25, 0.3) is 0 Å². The SMILES string of the molecule is C.C.CC.c1ccc2c(c1)cc(-c1ccc3cc(-c4ccc5ccc(-c6cc7ccccc7c7ccccc67)cc5c4)ccc3c1)c1ccccc12. The number of benzene rings is 10. The maximum atomic E-state index is 2.36. The standard InChI is InChI=1S/C48H30.C2H6.2CH4/c1-3-11-41-36(9-1)29-47(45-15-7-5-13-43(41)45)38-24-22-33-25-32(20-21-34(33)26-38)35-19-17-31-18-23-39(28-40(31)27-35)48-30-37-10-2-4-12-42(37)44-14-6-8-16-46(44)48;1-2;;/h1-30H;1-2H3;2*1H4.